The van der Waals surface area contributed by atoms with Crippen LogP contribution >= 0.6 is 0 Å². The molecule has 0 spiro atoms. The second-order valence-corrected chi connectivity index (χ2v) is 10.5. The van der Waals surface area contributed by atoms with E-state index in [1.807, 2.05) is 36.4 Å². The lowest BCUT2D eigenvalue weighted by Crippen LogP contribution is -2.44. The molecule has 2 unspecified atom stereocenters. The predicted molar refractivity (Wildman–Crippen MR) is 147 cm³/mol. The first-order valence-electron chi connectivity index (χ1n) is 13.1. The molecule has 0 radical (unpaired) electrons. The van der Waals surface area contributed by atoms with Crippen molar-refractivity contribution in [1.82, 2.24) is 15.1 Å². The third-order valence-corrected chi connectivity index (χ3v) is 7.58. The second-order valence-electron chi connectivity index (χ2n) is 10.5. The molecule has 2 aromatic carbocycles. The minimum absolute atomic E-state index is 0.257. The van der Waals surface area contributed by atoms with Crippen molar-refractivity contribution in [3.05, 3.63) is 83.0 Å². The highest BCUT2D eigenvalue weighted by Crippen LogP contribution is 2.41. The van der Waals surface area contributed by atoms with E-state index in [-0.39, 0.29) is 11.6 Å². The summed E-state index contributed by atoms with van der Waals surface area (Å²) in [6.07, 6.45) is 0. The maximum Gasteiger partial charge on any atom is 0.297 e. The van der Waals surface area contributed by atoms with Crippen LogP contribution in [0.3, 0.4) is 0 Å². The number of piperazine rings is 1. The van der Waals surface area contributed by atoms with Crippen molar-refractivity contribution < 1.29 is 14.4 Å². The fraction of sp³-hybridized carbons (Fsp3) is 0.367. The summed E-state index contributed by atoms with van der Waals surface area (Å²) in [6.45, 7) is 9.79. The lowest BCUT2D eigenvalue weighted by molar-refractivity contribution is -0.135. The molecule has 8 heteroatoms. The zero-order chi connectivity index (χ0) is 27.0. The van der Waals surface area contributed by atoms with Gasteiger partial charge in [-0.25, -0.2) is 0 Å². The number of benzene rings is 2. The first-order valence-corrected chi connectivity index (χ1v) is 13.1. The van der Waals surface area contributed by atoms with Crippen LogP contribution in [0.4, 0.5) is 11.5 Å². The number of nitrogens with zero attached hydrogens (tertiary/aromatic N) is 5. The van der Waals surface area contributed by atoms with E-state index in [1.165, 1.54) is 4.90 Å². The number of carbonyl (C=O) groups is 3. The van der Waals surface area contributed by atoms with Crippen molar-refractivity contribution in [2.24, 2.45) is 5.92 Å². The highest BCUT2D eigenvalue weighted by molar-refractivity contribution is 6.48. The Kier molecular flexibility index (Phi) is 7.08. The molecule has 2 fully saturated rings. The molecule has 2 saturated heterocycles. The van der Waals surface area contributed by atoms with Gasteiger partial charge in [-0.1, -0.05) is 50.2 Å². The Morgan fingerprint density at radius 3 is 2.11 bits per heavy atom. The maximum absolute atomic E-state index is 13.8. The van der Waals surface area contributed by atoms with E-state index in [1.54, 1.807) is 31.2 Å². The molecular formula is C30H33N5O3. The summed E-state index contributed by atoms with van der Waals surface area (Å²) >= 11 is 0. The number of rotatable bonds is 6. The highest BCUT2D eigenvalue weighted by atomic mass is 16.2. The number of hydrogen-bond donors (Lipinski definition) is 0. The summed E-state index contributed by atoms with van der Waals surface area (Å²) in [5.74, 6) is -2.44. The molecule has 0 aliphatic carbocycles. The number of aryl methyl sites for hydroxylation is 1. The number of carbonyl (C=O) groups excluding carboxylic acids is 3. The average Bonchev–Trinajstić information content (AvgIpc) is 3.19. The quantitative estimate of drug-likeness (QED) is 0.283. The predicted octanol–water partition coefficient (Wildman–Crippen LogP) is 3.82. The number of ketones is 2. The summed E-state index contributed by atoms with van der Waals surface area (Å²) in [4.78, 5) is 46.5. The van der Waals surface area contributed by atoms with Gasteiger partial charge in [0, 0.05) is 37.4 Å². The number of hydrogen-bond acceptors (Lipinski definition) is 7. The van der Waals surface area contributed by atoms with Crippen LogP contribution in [0.2, 0.25) is 0 Å². The Labute approximate surface area is 223 Å². The first-order chi connectivity index (χ1) is 18.2. The Balaban J connectivity index is 1.53. The molecule has 3 aromatic rings. The molecule has 1 amide bonds. The van der Waals surface area contributed by atoms with E-state index in [9.17, 15) is 14.4 Å². The van der Waals surface area contributed by atoms with E-state index in [0.717, 1.165) is 37.4 Å². The summed E-state index contributed by atoms with van der Waals surface area (Å²) in [6, 6.07) is 17.8. The van der Waals surface area contributed by atoms with Crippen LogP contribution in [-0.2, 0) is 9.59 Å². The molecule has 3 heterocycles. The van der Waals surface area contributed by atoms with Gasteiger partial charge in [-0.3, -0.25) is 19.3 Å². The average molecular weight is 512 g/mol. The van der Waals surface area contributed by atoms with Gasteiger partial charge in [-0.05, 0) is 55.3 Å². The molecule has 0 bridgehead atoms. The minimum atomic E-state index is -1.18. The van der Waals surface area contributed by atoms with Gasteiger partial charge in [0.25, 0.3) is 5.91 Å². The van der Waals surface area contributed by atoms with E-state index in [2.05, 4.69) is 40.9 Å². The molecule has 0 saturated carbocycles. The lowest BCUT2D eigenvalue weighted by Gasteiger charge is -2.34. The fourth-order valence-corrected chi connectivity index (χ4v) is 5.20. The molecule has 1 aromatic heterocycles. The molecule has 2 atom stereocenters. The van der Waals surface area contributed by atoms with Crippen LogP contribution in [0, 0.1) is 12.8 Å². The number of anilines is 2. The van der Waals surface area contributed by atoms with Gasteiger partial charge in [0.15, 0.2) is 11.6 Å². The maximum atomic E-state index is 13.8. The summed E-state index contributed by atoms with van der Waals surface area (Å²) in [7, 11) is 2.12. The van der Waals surface area contributed by atoms with E-state index >= 15 is 0 Å². The van der Waals surface area contributed by atoms with Crippen molar-refractivity contribution in [1.29, 1.82) is 0 Å². The second kappa shape index (κ2) is 10.5. The molecule has 38 heavy (non-hydrogen) atoms. The largest absolute Gasteiger partial charge is 0.369 e. The van der Waals surface area contributed by atoms with Crippen LogP contribution in [0.5, 0.6) is 0 Å². The van der Waals surface area contributed by atoms with Gasteiger partial charge < -0.3 is 9.80 Å². The van der Waals surface area contributed by atoms with Crippen LogP contribution in [-0.4, -0.2) is 65.8 Å². The highest BCUT2D eigenvalue weighted by Gasteiger charge is 2.53. The fourth-order valence-electron chi connectivity index (χ4n) is 5.20. The number of aromatic nitrogens is 2. The normalized spacial score (nSPS) is 20.4. The third kappa shape index (κ3) is 4.84. The zero-order valence-electron chi connectivity index (χ0n) is 22.3. The monoisotopic (exact) mass is 511 g/mol. The molecule has 5 rings (SSSR count). The van der Waals surface area contributed by atoms with Gasteiger partial charge in [0.2, 0.25) is 5.78 Å². The van der Waals surface area contributed by atoms with Gasteiger partial charge in [-0.15, -0.1) is 5.10 Å². The number of Topliss-reactive ketones (excluding diaryl/α,β-unsaturated/α-hetero) is 2. The van der Waals surface area contributed by atoms with Crippen molar-refractivity contribution in [3.63, 3.8) is 0 Å². The van der Waals surface area contributed by atoms with Crippen LogP contribution in [0.1, 0.15) is 53.0 Å². The van der Waals surface area contributed by atoms with Gasteiger partial charge >= 0.3 is 0 Å². The number of likely N-dealkylation sites (N-methyl/N-ethyl adjacent to an activating group) is 1. The minimum Gasteiger partial charge on any atom is -0.369 e. The zero-order valence-corrected chi connectivity index (χ0v) is 22.3. The number of amides is 1. The van der Waals surface area contributed by atoms with Crippen molar-refractivity contribution in [2.75, 3.05) is 43.0 Å². The Bertz CT molecular complexity index is 1330. The Morgan fingerprint density at radius 2 is 1.53 bits per heavy atom. The molecular weight excluding hydrogens is 478 g/mol. The van der Waals surface area contributed by atoms with E-state index in [0.29, 0.717) is 22.7 Å². The standard InChI is InChI=1S/C30H33N5O3/c1-19(2)21-6-8-23(9-7-21)28(36)26-27(35(30(38)29(26)37)25-14-5-20(3)31-32-25)22-10-12-24(13-11-22)34-17-15-33(4)16-18-34/h5-14,19,26-27H,15-18H2,1-4H3. The molecule has 8 nitrogen and oxygen atoms in total. The van der Waals surface area contributed by atoms with Gasteiger partial charge in [0.05, 0.1) is 11.7 Å². The van der Waals surface area contributed by atoms with Crippen LogP contribution < -0.4 is 9.80 Å². The van der Waals surface area contributed by atoms with Crippen molar-refractivity contribution in [3.8, 4) is 0 Å². The van der Waals surface area contributed by atoms with E-state index in [4.69, 9.17) is 0 Å². The van der Waals surface area contributed by atoms with Gasteiger partial charge in [0.1, 0.15) is 5.92 Å². The molecule has 2 aliphatic heterocycles. The smallest absolute Gasteiger partial charge is 0.297 e. The first kappa shape index (κ1) is 25.7. The van der Waals surface area contributed by atoms with Gasteiger partial charge in [-0.2, -0.15) is 5.10 Å². The van der Waals surface area contributed by atoms with Crippen LogP contribution in [0.15, 0.2) is 60.7 Å². The summed E-state index contributed by atoms with van der Waals surface area (Å²) in [5, 5.41) is 8.29. The van der Waals surface area contributed by atoms with Crippen molar-refractivity contribution >= 4 is 29.0 Å². The van der Waals surface area contributed by atoms with Crippen molar-refractivity contribution in [2.45, 2.75) is 32.7 Å². The van der Waals surface area contributed by atoms with Crippen LogP contribution in [0.25, 0.3) is 0 Å². The SMILES string of the molecule is Cc1ccc(N2C(=O)C(=O)C(C(=O)c3ccc(C(C)C)cc3)C2c2ccc(N3CCN(C)CC3)cc2)nn1. The molecule has 0 N–H and O–H groups in total. The third-order valence-electron chi connectivity index (χ3n) is 7.58. The Hall–Kier alpha value is -3.91. The molecule has 196 valence electrons. The summed E-state index contributed by atoms with van der Waals surface area (Å²) in [5.41, 5.74) is 3.99. The molecule has 2 aliphatic rings. The lowest BCUT2D eigenvalue weighted by atomic mass is 9.85. The topological polar surface area (TPSA) is 86.7 Å². The Morgan fingerprint density at radius 1 is 0.868 bits per heavy atom. The summed E-state index contributed by atoms with van der Waals surface area (Å²) < 4.78 is 0. The van der Waals surface area contributed by atoms with E-state index < -0.39 is 23.7 Å².